The number of anilines is 1. The number of rotatable bonds is 6. The van der Waals surface area contributed by atoms with Crippen LogP contribution in [0.2, 0.25) is 5.02 Å². The van der Waals surface area contributed by atoms with E-state index in [9.17, 15) is 8.42 Å². The van der Waals surface area contributed by atoms with E-state index in [0.717, 1.165) is 16.6 Å². The number of hydrogen-bond acceptors (Lipinski definition) is 3. The Labute approximate surface area is 164 Å². The maximum Gasteiger partial charge on any atom is 0.257 e. The van der Waals surface area contributed by atoms with Gasteiger partial charge in [-0.05, 0) is 52.2 Å². The van der Waals surface area contributed by atoms with Gasteiger partial charge in [0.2, 0.25) is 0 Å². The van der Waals surface area contributed by atoms with Crippen molar-refractivity contribution in [3.63, 3.8) is 0 Å². The first-order valence-corrected chi connectivity index (χ1v) is 10.8. The Balaban J connectivity index is 1.96. The Hall–Kier alpha value is -2.02. The lowest BCUT2D eigenvalue weighted by molar-refractivity contribution is 0.599. The zero-order chi connectivity index (χ0) is 18.6. The molecule has 0 atom stereocenters. The van der Waals surface area contributed by atoms with Gasteiger partial charge in [0.05, 0.1) is 17.6 Å². The quantitative estimate of drug-likeness (QED) is 0.591. The normalized spacial score (nSPS) is 11.7. The van der Waals surface area contributed by atoms with Crippen molar-refractivity contribution in [3.8, 4) is 0 Å². The largest absolute Gasteiger partial charge is 0.262 e. The van der Waals surface area contributed by atoms with E-state index in [2.05, 4.69) is 0 Å². The summed E-state index contributed by atoms with van der Waals surface area (Å²) in [5.41, 5.74) is 3.39. The van der Waals surface area contributed by atoms with Crippen molar-refractivity contribution in [2.75, 3.05) is 4.31 Å². The zero-order valence-electron chi connectivity index (χ0n) is 14.2. The molecule has 0 amide bonds. The van der Waals surface area contributed by atoms with Crippen molar-refractivity contribution in [2.45, 2.75) is 6.54 Å². The molecular formula is C19H17BClNO2S2. The molecule has 7 heteroatoms. The SMILES string of the molecule is Bc1cccc(/C=C/S(=O)(=O)N(Cc2ccsc2)c2cccc(Cl)c2)c1. The van der Waals surface area contributed by atoms with E-state index in [1.165, 1.54) is 21.1 Å². The van der Waals surface area contributed by atoms with Crippen LogP contribution in [0, 0.1) is 0 Å². The summed E-state index contributed by atoms with van der Waals surface area (Å²) < 4.78 is 27.4. The van der Waals surface area contributed by atoms with E-state index >= 15 is 0 Å². The summed E-state index contributed by atoms with van der Waals surface area (Å²) in [5, 5.41) is 5.61. The van der Waals surface area contributed by atoms with Gasteiger partial charge >= 0.3 is 0 Å². The minimum absolute atomic E-state index is 0.254. The second kappa shape index (κ2) is 8.12. The van der Waals surface area contributed by atoms with E-state index in [4.69, 9.17) is 11.6 Å². The molecule has 0 N–H and O–H groups in total. The summed E-state index contributed by atoms with van der Waals surface area (Å²) in [6.07, 6.45) is 1.62. The predicted molar refractivity (Wildman–Crippen MR) is 115 cm³/mol. The fourth-order valence-corrected chi connectivity index (χ4v) is 4.58. The van der Waals surface area contributed by atoms with Gasteiger partial charge in [-0.15, -0.1) is 0 Å². The monoisotopic (exact) mass is 401 g/mol. The van der Waals surface area contributed by atoms with E-state index in [1.54, 1.807) is 30.3 Å². The van der Waals surface area contributed by atoms with Crippen LogP contribution < -0.4 is 9.77 Å². The molecule has 0 bridgehead atoms. The Morgan fingerprint density at radius 2 is 1.92 bits per heavy atom. The first-order valence-electron chi connectivity index (χ1n) is 7.98. The second-order valence-corrected chi connectivity index (χ2v) is 8.84. The van der Waals surface area contributed by atoms with Crippen LogP contribution in [-0.4, -0.2) is 16.3 Å². The van der Waals surface area contributed by atoms with E-state index < -0.39 is 10.0 Å². The smallest absolute Gasteiger partial charge is 0.257 e. The van der Waals surface area contributed by atoms with Gasteiger partial charge in [-0.25, -0.2) is 8.42 Å². The van der Waals surface area contributed by atoms with Crippen molar-refractivity contribution in [3.05, 3.63) is 86.9 Å². The molecule has 0 aliphatic carbocycles. The van der Waals surface area contributed by atoms with Gasteiger partial charge < -0.3 is 0 Å². The van der Waals surface area contributed by atoms with Crippen LogP contribution in [0.3, 0.4) is 0 Å². The second-order valence-electron chi connectivity index (χ2n) is 5.88. The van der Waals surface area contributed by atoms with Gasteiger partial charge in [0.25, 0.3) is 10.0 Å². The molecular weight excluding hydrogens is 385 g/mol. The third kappa shape index (κ3) is 4.78. The van der Waals surface area contributed by atoms with Gasteiger partial charge in [-0.2, -0.15) is 11.3 Å². The van der Waals surface area contributed by atoms with Crippen LogP contribution in [0.25, 0.3) is 6.08 Å². The van der Waals surface area contributed by atoms with Crippen LogP contribution in [0.1, 0.15) is 11.1 Å². The van der Waals surface area contributed by atoms with Gasteiger partial charge in [0, 0.05) is 5.02 Å². The highest BCUT2D eigenvalue weighted by Crippen LogP contribution is 2.26. The molecule has 0 unspecified atom stereocenters. The Bertz CT molecular complexity index is 1020. The lowest BCUT2D eigenvalue weighted by Gasteiger charge is -2.22. The molecule has 1 aromatic heterocycles. The van der Waals surface area contributed by atoms with Crippen LogP contribution in [0.5, 0.6) is 0 Å². The topological polar surface area (TPSA) is 37.4 Å². The van der Waals surface area contributed by atoms with Crippen LogP contribution in [-0.2, 0) is 16.6 Å². The average Bonchev–Trinajstić information content (AvgIpc) is 3.11. The third-order valence-electron chi connectivity index (χ3n) is 3.78. The van der Waals surface area contributed by atoms with E-state index in [1.807, 2.05) is 48.9 Å². The van der Waals surface area contributed by atoms with Gasteiger partial charge in [-0.1, -0.05) is 47.4 Å². The molecule has 0 radical (unpaired) electrons. The minimum atomic E-state index is -3.68. The molecule has 0 saturated carbocycles. The molecule has 26 heavy (non-hydrogen) atoms. The Morgan fingerprint density at radius 1 is 1.12 bits per heavy atom. The molecule has 0 saturated heterocycles. The number of benzene rings is 2. The lowest BCUT2D eigenvalue weighted by atomic mass is 9.95. The first-order chi connectivity index (χ1) is 12.4. The van der Waals surface area contributed by atoms with Crippen LogP contribution in [0.15, 0.2) is 70.8 Å². The Kier molecular flexibility index (Phi) is 5.86. The molecule has 3 rings (SSSR count). The summed E-state index contributed by atoms with van der Waals surface area (Å²) in [4.78, 5) is 0. The Morgan fingerprint density at radius 3 is 2.62 bits per heavy atom. The number of thiophene rings is 1. The summed E-state index contributed by atoms with van der Waals surface area (Å²) in [6.45, 7) is 0.254. The van der Waals surface area contributed by atoms with Crippen LogP contribution in [0.4, 0.5) is 5.69 Å². The standard InChI is InChI=1S/C19H17BClNO2S2/c20-17-4-1-3-15(11-17)8-10-26(23,24)22(13-16-7-9-25-14-16)19-6-2-5-18(21)12-19/h1-12,14H,13,20H2/b10-8+. The summed E-state index contributed by atoms with van der Waals surface area (Å²) in [5.74, 6) is 0. The zero-order valence-corrected chi connectivity index (χ0v) is 16.6. The lowest BCUT2D eigenvalue weighted by Crippen LogP contribution is -2.28. The van der Waals surface area contributed by atoms with Crippen molar-refractivity contribution >= 4 is 58.0 Å². The fourth-order valence-electron chi connectivity index (χ4n) is 2.52. The summed E-state index contributed by atoms with van der Waals surface area (Å²) >= 11 is 7.61. The highest BCUT2D eigenvalue weighted by molar-refractivity contribution is 7.95. The number of nitrogens with zero attached hydrogens (tertiary/aromatic N) is 1. The molecule has 3 nitrogen and oxygen atoms in total. The fraction of sp³-hybridized carbons (Fsp3) is 0.0526. The maximum atomic E-state index is 13.0. The van der Waals surface area contributed by atoms with Crippen LogP contribution >= 0.6 is 22.9 Å². The van der Waals surface area contributed by atoms with Gasteiger partial charge in [0.1, 0.15) is 7.85 Å². The molecule has 0 aliphatic rings. The van der Waals surface area contributed by atoms with Crippen molar-refractivity contribution in [1.29, 1.82) is 0 Å². The molecule has 1 heterocycles. The highest BCUT2D eigenvalue weighted by atomic mass is 35.5. The summed E-state index contributed by atoms with van der Waals surface area (Å²) in [6, 6.07) is 16.5. The number of sulfonamides is 1. The van der Waals surface area contributed by atoms with Gasteiger partial charge in [0.15, 0.2) is 0 Å². The van der Waals surface area contributed by atoms with E-state index in [0.29, 0.717) is 10.7 Å². The highest BCUT2D eigenvalue weighted by Gasteiger charge is 2.20. The van der Waals surface area contributed by atoms with Crippen molar-refractivity contribution in [2.24, 2.45) is 0 Å². The molecule has 2 aromatic carbocycles. The maximum absolute atomic E-state index is 13.0. The van der Waals surface area contributed by atoms with Crippen molar-refractivity contribution < 1.29 is 8.42 Å². The number of halogens is 1. The first kappa shape index (κ1) is 18.8. The molecule has 132 valence electrons. The average molecular weight is 402 g/mol. The summed E-state index contributed by atoms with van der Waals surface area (Å²) in [7, 11) is -1.71. The van der Waals surface area contributed by atoms with E-state index in [-0.39, 0.29) is 6.54 Å². The number of hydrogen-bond donors (Lipinski definition) is 0. The van der Waals surface area contributed by atoms with Gasteiger partial charge in [-0.3, -0.25) is 4.31 Å². The molecule has 3 aromatic rings. The molecule has 0 aliphatic heterocycles. The molecule has 0 spiro atoms. The molecule has 0 fully saturated rings. The van der Waals surface area contributed by atoms with Crippen molar-refractivity contribution in [1.82, 2.24) is 0 Å². The minimum Gasteiger partial charge on any atom is -0.262 e. The third-order valence-corrected chi connectivity index (χ3v) is 6.19. The predicted octanol–water partition coefficient (Wildman–Crippen LogP) is 3.67.